The molecule has 90 valence electrons. The molecule has 0 saturated heterocycles. The Hall–Kier alpha value is -1.96. The van der Waals surface area contributed by atoms with Gasteiger partial charge in [0.15, 0.2) is 0 Å². The summed E-state index contributed by atoms with van der Waals surface area (Å²) in [6.45, 7) is 0. The Morgan fingerprint density at radius 1 is 1.00 bits per heavy atom. The lowest BCUT2D eigenvalue weighted by molar-refractivity contribution is -0.119. The quantitative estimate of drug-likeness (QED) is 0.746. The van der Waals surface area contributed by atoms with Gasteiger partial charge in [0.1, 0.15) is 11.6 Å². The van der Waals surface area contributed by atoms with Crippen molar-refractivity contribution in [2.45, 2.75) is 18.8 Å². The molecule has 0 bridgehead atoms. The summed E-state index contributed by atoms with van der Waals surface area (Å²) in [5.41, 5.74) is 3.31. The summed E-state index contributed by atoms with van der Waals surface area (Å²) in [4.78, 5) is 11.8. The van der Waals surface area contributed by atoms with E-state index in [0.29, 0.717) is 12.8 Å². The number of hydrogen-bond acceptors (Lipinski definition) is 1. The van der Waals surface area contributed by atoms with Crippen LogP contribution in [0, 0.1) is 5.82 Å². The molecule has 0 fully saturated rings. The van der Waals surface area contributed by atoms with Crippen LogP contribution in [-0.2, 0) is 11.2 Å². The summed E-state index contributed by atoms with van der Waals surface area (Å²) >= 11 is 0. The van der Waals surface area contributed by atoms with Gasteiger partial charge in [-0.3, -0.25) is 4.79 Å². The van der Waals surface area contributed by atoms with Crippen molar-refractivity contribution in [2.75, 3.05) is 0 Å². The number of hydrogen-bond donors (Lipinski definition) is 0. The molecule has 0 saturated carbocycles. The first-order valence-corrected chi connectivity index (χ1v) is 6.09. The first-order valence-electron chi connectivity index (χ1n) is 6.09. The Labute approximate surface area is 105 Å². The number of halogens is 1. The van der Waals surface area contributed by atoms with E-state index in [4.69, 9.17) is 0 Å². The van der Waals surface area contributed by atoms with Crippen LogP contribution in [0.2, 0.25) is 0 Å². The lowest BCUT2D eigenvalue weighted by Crippen LogP contribution is -2.19. The highest BCUT2D eigenvalue weighted by molar-refractivity contribution is 5.84. The molecule has 0 amide bonds. The molecular formula is C16H13FO. The highest BCUT2D eigenvalue weighted by Crippen LogP contribution is 2.35. The average molecular weight is 240 g/mol. The molecule has 0 N–H and O–H groups in total. The van der Waals surface area contributed by atoms with Crippen molar-refractivity contribution in [1.29, 1.82) is 0 Å². The Morgan fingerprint density at radius 3 is 2.50 bits per heavy atom. The third-order valence-corrected chi connectivity index (χ3v) is 3.52. The molecule has 18 heavy (non-hydrogen) atoms. The third-order valence-electron chi connectivity index (χ3n) is 3.52. The Kier molecular flexibility index (Phi) is 2.71. The number of rotatable bonds is 1. The molecule has 2 aromatic rings. The standard InChI is InChI=1S/C16H13FO/c17-13-7-5-11(6-8-13)16-10-14(18)9-12-3-1-2-4-15(12)16/h1-8,16H,9-10H2/t16-/m1/s1. The third kappa shape index (κ3) is 1.94. The van der Waals surface area contributed by atoms with Gasteiger partial charge in [-0.15, -0.1) is 0 Å². The van der Waals surface area contributed by atoms with Gasteiger partial charge in [0.25, 0.3) is 0 Å². The van der Waals surface area contributed by atoms with Gasteiger partial charge >= 0.3 is 0 Å². The molecule has 0 aliphatic heterocycles. The molecule has 1 atom stereocenters. The van der Waals surface area contributed by atoms with Gasteiger partial charge in [0.2, 0.25) is 0 Å². The molecule has 1 aliphatic carbocycles. The van der Waals surface area contributed by atoms with E-state index in [-0.39, 0.29) is 17.5 Å². The maximum absolute atomic E-state index is 13.0. The molecule has 2 aromatic carbocycles. The largest absolute Gasteiger partial charge is 0.299 e. The normalized spacial score (nSPS) is 18.5. The highest BCUT2D eigenvalue weighted by atomic mass is 19.1. The van der Waals surface area contributed by atoms with Crippen LogP contribution in [0.4, 0.5) is 4.39 Å². The molecule has 2 heteroatoms. The molecular weight excluding hydrogens is 227 g/mol. The van der Waals surface area contributed by atoms with Crippen LogP contribution in [0.1, 0.15) is 29.0 Å². The van der Waals surface area contributed by atoms with E-state index in [2.05, 4.69) is 6.07 Å². The maximum Gasteiger partial charge on any atom is 0.138 e. The summed E-state index contributed by atoms with van der Waals surface area (Å²) in [6.07, 6.45) is 1.04. The molecule has 3 rings (SSSR count). The number of carbonyl (C=O) groups excluding carboxylic acids is 1. The second-order valence-corrected chi connectivity index (χ2v) is 4.72. The van der Waals surface area contributed by atoms with E-state index in [9.17, 15) is 9.18 Å². The van der Waals surface area contributed by atoms with Crippen molar-refractivity contribution >= 4 is 5.78 Å². The first kappa shape index (κ1) is 11.1. The molecule has 0 unspecified atom stereocenters. The smallest absolute Gasteiger partial charge is 0.138 e. The van der Waals surface area contributed by atoms with Crippen LogP contribution >= 0.6 is 0 Å². The van der Waals surface area contributed by atoms with Crippen molar-refractivity contribution in [3.05, 3.63) is 71.0 Å². The van der Waals surface area contributed by atoms with Crippen molar-refractivity contribution in [3.8, 4) is 0 Å². The fourth-order valence-corrected chi connectivity index (χ4v) is 2.65. The Morgan fingerprint density at radius 2 is 1.72 bits per heavy atom. The molecule has 0 heterocycles. The lowest BCUT2D eigenvalue weighted by atomic mass is 9.78. The summed E-state index contributed by atoms with van der Waals surface area (Å²) < 4.78 is 13.0. The molecule has 1 nitrogen and oxygen atoms in total. The number of fused-ring (bicyclic) bond motifs is 1. The van der Waals surface area contributed by atoms with Gasteiger partial charge in [-0.05, 0) is 28.8 Å². The second kappa shape index (κ2) is 4.37. The highest BCUT2D eigenvalue weighted by Gasteiger charge is 2.25. The summed E-state index contributed by atoms with van der Waals surface area (Å²) in [7, 11) is 0. The van der Waals surface area contributed by atoms with Crippen molar-refractivity contribution in [1.82, 2.24) is 0 Å². The maximum atomic E-state index is 13.0. The summed E-state index contributed by atoms with van der Waals surface area (Å²) in [5.74, 6) is 0.0836. The zero-order valence-electron chi connectivity index (χ0n) is 9.90. The van der Waals surface area contributed by atoms with Crippen LogP contribution < -0.4 is 0 Å². The van der Waals surface area contributed by atoms with Gasteiger partial charge in [0.05, 0.1) is 0 Å². The van der Waals surface area contributed by atoms with E-state index >= 15 is 0 Å². The SMILES string of the molecule is O=C1Cc2ccccc2[C@@H](c2ccc(F)cc2)C1. The second-order valence-electron chi connectivity index (χ2n) is 4.72. The van der Waals surface area contributed by atoms with E-state index in [1.54, 1.807) is 12.1 Å². The van der Waals surface area contributed by atoms with Crippen LogP contribution in [0.3, 0.4) is 0 Å². The Balaban J connectivity index is 2.07. The molecule has 0 aromatic heterocycles. The molecule has 0 spiro atoms. The number of benzene rings is 2. The van der Waals surface area contributed by atoms with Crippen LogP contribution in [0.15, 0.2) is 48.5 Å². The number of Topliss-reactive ketones (excluding diaryl/α,β-unsaturated/α-hetero) is 1. The van der Waals surface area contributed by atoms with Crippen LogP contribution in [0.25, 0.3) is 0 Å². The van der Waals surface area contributed by atoms with Crippen molar-refractivity contribution in [3.63, 3.8) is 0 Å². The van der Waals surface area contributed by atoms with Crippen LogP contribution in [0.5, 0.6) is 0 Å². The Bertz CT molecular complexity index is 586. The predicted molar refractivity (Wildman–Crippen MR) is 68.0 cm³/mol. The number of carbonyl (C=O) groups is 1. The van der Waals surface area contributed by atoms with E-state index in [1.165, 1.54) is 17.7 Å². The number of ketones is 1. The van der Waals surface area contributed by atoms with Gasteiger partial charge in [-0.2, -0.15) is 0 Å². The van der Waals surface area contributed by atoms with Gasteiger partial charge in [-0.25, -0.2) is 4.39 Å². The first-order chi connectivity index (χ1) is 8.74. The van der Waals surface area contributed by atoms with E-state index in [1.807, 2.05) is 18.2 Å². The van der Waals surface area contributed by atoms with E-state index < -0.39 is 0 Å². The van der Waals surface area contributed by atoms with Gasteiger partial charge in [-0.1, -0.05) is 36.4 Å². The zero-order chi connectivity index (χ0) is 12.5. The van der Waals surface area contributed by atoms with Crippen molar-refractivity contribution in [2.24, 2.45) is 0 Å². The minimum Gasteiger partial charge on any atom is -0.299 e. The molecule has 0 radical (unpaired) electrons. The van der Waals surface area contributed by atoms with Crippen molar-refractivity contribution < 1.29 is 9.18 Å². The van der Waals surface area contributed by atoms with Gasteiger partial charge in [0, 0.05) is 18.8 Å². The lowest BCUT2D eigenvalue weighted by Gasteiger charge is -2.25. The topological polar surface area (TPSA) is 17.1 Å². The van der Waals surface area contributed by atoms with E-state index in [0.717, 1.165) is 11.1 Å². The summed E-state index contributed by atoms with van der Waals surface area (Å²) in [5, 5.41) is 0. The minimum atomic E-state index is -0.242. The van der Waals surface area contributed by atoms with Crippen LogP contribution in [-0.4, -0.2) is 5.78 Å². The van der Waals surface area contributed by atoms with Gasteiger partial charge < -0.3 is 0 Å². The summed E-state index contributed by atoms with van der Waals surface area (Å²) in [6, 6.07) is 14.5. The predicted octanol–water partition coefficient (Wildman–Crippen LogP) is 3.47. The molecule has 1 aliphatic rings. The fraction of sp³-hybridized carbons (Fsp3) is 0.188. The average Bonchev–Trinajstić information content (AvgIpc) is 2.38. The zero-order valence-corrected chi connectivity index (χ0v) is 9.90. The fourth-order valence-electron chi connectivity index (χ4n) is 2.65. The monoisotopic (exact) mass is 240 g/mol. The minimum absolute atomic E-state index is 0.0723.